The molecular formula is C26H26N4OS. The molecule has 0 aliphatic carbocycles. The molecule has 0 radical (unpaired) electrons. The molecule has 5 nitrogen and oxygen atoms in total. The number of aryl methyl sites for hydroxylation is 2. The topological polar surface area (TPSA) is 51.0 Å². The minimum Gasteiger partial charge on any atom is -0.308 e. The number of amides is 1. The zero-order chi connectivity index (χ0) is 22.5. The Hall–Kier alpha value is -3.38. The summed E-state index contributed by atoms with van der Waals surface area (Å²) in [4.78, 5) is 24.2. The molecule has 0 N–H and O–H groups in total. The number of imidazole rings is 1. The Balaban J connectivity index is 1.64. The van der Waals surface area contributed by atoms with Crippen molar-refractivity contribution in [3.05, 3.63) is 96.3 Å². The second kappa shape index (κ2) is 9.83. The number of carbonyl (C=O) groups excluding carboxylic acids is 1. The number of carbonyl (C=O) groups is 1. The number of hydrogen-bond donors (Lipinski definition) is 0. The van der Waals surface area contributed by atoms with Crippen LogP contribution in [0.4, 0.5) is 5.69 Å². The van der Waals surface area contributed by atoms with Crippen molar-refractivity contribution in [2.24, 2.45) is 0 Å². The first kappa shape index (κ1) is 21.8. The van der Waals surface area contributed by atoms with E-state index in [0.717, 1.165) is 27.6 Å². The molecule has 0 bridgehead atoms. The molecule has 162 valence electrons. The standard InChI is InChI=1S/C26H26N4OS/c1-4-14-29(22-8-6-5-7-9-22)25(31)17-30-24-16-27-13-12-23(24)28-26(30)32-18-21-15-19(2)10-11-20(21)3/h4-13,15-16H,1,14,17-18H2,2-3H3. The van der Waals surface area contributed by atoms with E-state index in [4.69, 9.17) is 4.98 Å². The van der Waals surface area contributed by atoms with Gasteiger partial charge >= 0.3 is 0 Å². The summed E-state index contributed by atoms with van der Waals surface area (Å²) < 4.78 is 1.97. The van der Waals surface area contributed by atoms with Gasteiger partial charge in [-0.25, -0.2) is 4.98 Å². The summed E-state index contributed by atoms with van der Waals surface area (Å²) in [6.07, 6.45) is 5.25. The van der Waals surface area contributed by atoms with Gasteiger partial charge in [0, 0.05) is 24.2 Å². The second-order valence-electron chi connectivity index (χ2n) is 7.69. The van der Waals surface area contributed by atoms with Crippen LogP contribution in [-0.2, 0) is 17.1 Å². The molecule has 0 fully saturated rings. The van der Waals surface area contributed by atoms with Gasteiger partial charge in [-0.15, -0.1) is 6.58 Å². The van der Waals surface area contributed by atoms with Crippen LogP contribution in [0.1, 0.15) is 16.7 Å². The number of thioether (sulfide) groups is 1. The Morgan fingerprint density at radius 2 is 1.97 bits per heavy atom. The number of fused-ring (bicyclic) bond motifs is 1. The monoisotopic (exact) mass is 442 g/mol. The third kappa shape index (κ3) is 4.75. The number of benzene rings is 2. The fraction of sp³-hybridized carbons (Fsp3) is 0.192. The number of hydrogen-bond acceptors (Lipinski definition) is 4. The van der Waals surface area contributed by atoms with Crippen molar-refractivity contribution in [1.82, 2.24) is 14.5 Å². The number of para-hydroxylation sites is 1. The number of anilines is 1. The summed E-state index contributed by atoms with van der Waals surface area (Å²) in [6.45, 7) is 8.67. The Morgan fingerprint density at radius 3 is 2.75 bits per heavy atom. The van der Waals surface area contributed by atoms with Crippen molar-refractivity contribution in [1.29, 1.82) is 0 Å². The normalized spacial score (nSPS) is 10.9. The van der Waals surface area contributed by atoms with Crippen molar-refractivity contribution in [3.63, 3.8) is 0 Å². The summed E-state index contributed by atoms with van der Waals surface area (Å²) >= 11 is 1.64. The van der Waals surface area contributed by atoms with Crippen molar-refractivity contribution < 1.29 is 4.79 Å². The van der Waals surface area contributed by atoms with Crippen LogP contribution >= 0.6 is 11.8 Å². The summed E-state index contributed by atoms with van der Waals surface area (Å²) in [7, 11) is 0. The van der Waals surface area contributed by atoms with Gasteiger partial charge in [0.15, 0.2) is 5.16 Å². The summed E-state index contributed by atoms with van der Waals surface area (Å²) in [5.41, 5.74) is 6.31. The summed E-state index contributed by atoms with van der Waals surface area (Å²) in [5, 5.41) is 0.814. The average molecular weight is 443 g/mol. The van der Waals surface area contributed by atoms with Gasteiger partial charge in [0.25, 0.3) is 0 Å². The van der Waals surface area contributed by atoms with Crippen molar-refractivity contribution in [2.75, 3.05) is 11.4 Å². The van der Waals surface area contributed by atoms with E-state index < -0.39 is 0 Å². The van der Waals surface area contributed by atoms with Gasteiger partial charge in [0.2, 0.25) is 5.91 Å². The van der Waals surface area contributed by atoms with Crippen LogP contribution in [0.3, 0.4) is 0 Å². The number of pyridine rings is 1. The maximum atomic E-state index is 13.4. The third-order valence-electron chi connectivity index (χ3n) is 5.35. The van der Waals surface area contributed by atoms with Crippen LogP contribution < -0.4 is 4.90 Å². The third-order valence-corrected chi connectivity index (χ3v) is 6.38. The fourth-order valence-corrected chi connectivity index (χ4v) is 4.69. The molecule has 0 aliphatic rings. The largest absolute Gasteiger partial charge is 0.308 e. The van der Waals surface area contributed by atoms with E-state index in [1.807, 2.05) is 41.0 Å². The minimum absolute atomic E-state index is 0.0205. The van der Waals surface area contributed by atoms with Gasteiger partial charge in [-0.1, -0.05) is 59.8 Å². The van der Waals surface area contributed by atoms with Gasteiger partial charge in [0.1, 0.15) is 6.54 Å². The number of aromatic nitrogens is 3. The van der Waals surface area contributed by atoms with E-state index in [9.17, 15) is 4.79 Å². The average Bonchev–Trinajstić information content (AvgIpc) is 3.15. The highest BCUT2D eigenvalue weighted by atomic mass is 32.2. The lowest BCUT2D eigenvalue weighted by atomic mass is 10.1. The van der Waals surface area contributed by atoms with Crippen molar-refractivity contribution in [3.8, 4) is 0 Å². The Kier molecular flexibility index (Phi) is 6.71. The van der Waals surface area contributed by atoms with Crippen LogP contribution in [0.15, 0.2) is 84.8 Å². The van der Waals surface area contributed by atoms with E-state index in [1.54, 1.807) is 35.1 Å². The smallest absolute Gasteiger partial charge is 0.247 e. The highest BCUT2D eigenvalue weighted by molar-refractivity contribution is 7.98. The molecule has 4 rings (SSSR count). The highest BCUT2D eigenvalue weighted by Crippen LogP contribution is 2.28. The predicted octanol–water partition coefficient (Wildman–Crippen LogP) is 5.56. The molecule has 0 aliphatic heterocycles. The van der Waals surface area contributed by atoms with Crippen molar-refractivity contribution in [2.45, 2.75) is 31.3 Å². The van der Waals surface area contributed by atoms with Crippen molar-refractivity contribution >= 4 is 34.4 Å². The second-order valence-corrected chi connectivity index (χ2v) is 8.63. The molecule has 2 aromatic heterocycles. The maximum Gasteiger partial charge on any atom is 0.247 e. The molecule has 0 atom stereocenters. The summed E-state index contributed by atoms with van der Waals surface area (Å²) in [6, 6.07) is 18.0. The van der Waals surface area contributed by atoms with E-state index >= 15 is 0 Å². The first-order chi connectivity index (χ1) is 15.6. The maximum absolute atomic E-state index is 13.4. The lowest BCUT2D eigenvalue weighted by Gasteiger charge is -2.22. The molecule has 1 amide bonds. The fourth-order valence-electron chi connectivity index (χ4n) is 3.62. The van der Waals surface area contributed by atoms with Gasteiger partial charge in [-0.3, -0.25) is 9.78 Å². The lowest BCUT2D eigenvalue weighted by Crippen LogP contribution is -2.34. The zero-order valence-corrected chi connectivity index (χ0v) is 19.2. The molecular weight excluding hydrogens is 416 g/mol. The first-order valence-corrected chi connectivity index (χ1v) is 11.5. The molecule has 32 heavy (non-hydrogen) atoms. The SMILES string of the molecule is C=CCN(C(=O)Cn1c(SCc2cc(C)ccc2C)nc2ccncc21)c1ccccc1. The van der Waals surface area contributed by atoms with E-state index in [0.29, 0.717) is 6.54 Å². The van der Waals surface area contributed by atoms with Crippen LogP contribution in [0, 0.1) is 13.8 Å². The molecule has 2 heterocycles. The molecule has 0 saturated carbocycles. The minimum atomic E-state index is -0.0205. The van der Waals surface area contributed by atoms with Crippen LogP contribution in [-0.4, -0.2) is 27.0 Å². The Labute approximate surface area is 192 Å². The van der Waals surface area contributed by atoms with Gasteiger partial charge in [-0.2, -0.15) is 0 Å². The quantitative estimate of drug-likeness (QED) is 0.265. The predicted molar refractivity (Wildman–Crippen MR) is 132 cm³/mol. The van der Waals surface area contributed by atoms with E-state index in [-0.39, 0.29) is 12.5 Å². The van der Waals surface area contributed by atoms with Crippen LogP contribution in [0.2, 0.25) is 0 Å². The van der Waals surface area contributed by atoms with Gasteiger partial charge < -0.3 is 9.47 Å². The van der Waals surface area contributed by atoms with Crippen LogP contribution in [0.5, 0.6) is 0 Å². The summed E-state index contributed by atoms with van der Waals surface area (Å²) in [5.74, 6) is 0.765. The first-order valence-electron chi connectivity index (χ1n) is 10.5. The molecule has 0 saturated heterocycles. The Morgan fingerprint density at radius 1 is 1.16 bits per heavy atom. The zero-order valence-electron chi connectivity index (χ0n) is 18.4. The van der Waals surface area contributed by atoms with Gasteiger partial charge in [0.05, 0.1) is 17.2 Å². The van der Waals surface area contributed by atoms with E-state index in [1.165, 1.54) is 16.7 Å². The number of rotatable bonds is 8. The molecule has 4 aromatic rings. The lowest BCUT2D eigenvalue weighted by molar-refractivity contribution is -0.119. The number of nitrogens with zero attached hydrogens (tertiary/aromatic N) is 4. The van der Waals surface area contributed by atoms with E-state index in [2.05, 4.69) is 43.6 Å². The van der Waals surface area contributed by atoms with Crippen LogP contribution in [0.25, 0.3) is 11.0 Å². The molecule has 6 heteroatoms. The molecule has 0 unspecified atom stereocenters. The highest BCUT2D eigenvalue weighted by Gasteiger charge is 2.19. The Bertz CT molecular complexity index is 1250. The van der Waals surface area contributed by atoms with Gasteiger partial charge in [-0.05, 0) is 43.2 Å². The molecule has 2 aromatic carbocycles. The molecule has 0 spiro atoms.